The first-order chi connectivity index (χ1) is 3.77. The van der Waals surface area contributed by atoms with Crippen LogP contribution in [0.2, 0.25) is 0 Å². The van der Waals surface area contributed by atoms with E-state index in [1.807, 2.05) is 0 Å². The minimum Gasteiger partial charge on any atom is -0.463 e. The fraction of sp³-hybridized carbons (Fsp3) is 0.600. The first-order valence-corrected chi connectivity index (χ1v) is 2.19. The average molecular weight is 115 g/mol. The van der Waals surface area contributed by atoms with Crippen LogP contribution in [0.4, 0.5) is 0 Å². The van der Waals surface area contributed by atoms with E-state index in [4.69, 9.17) is 7.11 Å². The molecule has 3 nitrogen and oxygen atoms in total. The Morgan fingerprint density at radius 3 is 2.62 bits per heavy atom. The topological polar surface area (TPSA) is 35.5 Å². The number of carbonyl (C=O) groups is 1. The normalized spacial score (nSPS) is 8.75. The highest BCUT2D eigenvalue weighted by atomic mass is 16.6. The monoisotopic (exact) mass is 115 g/mol. The third-order valence-electron chi connectivity index (χ3n) is 0.491. The van der Waals surface area contributed by atoms with Crippen LogP contribution in [0.3, 0.4) is 0 Å². The Morgan fingerprint density at radius 1 is 1.62 bits per heavy atom. The van der Waals surface area contributed by atoms with Crippen molar-refractivity contribution >= 4 is 5.97 Å². The van der Waals surface area contributed by atoms with Gasteiger partial charge >= 0.3 is 5.97 Å². The summed E-state index contributed by atoms with van der Waals surface area (Å²) in [7, 11) is 6.16. The number of hydrogen-bond acceptors (Lipinski definition) is 3. The number of ether oxygens (including phenoxy) is 2. The van der Waals surface area contributed by atoms with Gasteiger partial charge in [0.15, 0.2) is 7.11 Å². The zero-order valence-corrected chi connectivity index (χ0v) is 4.64. The summed E-state index contributed by atoms with van der Waals surface area (Å²) < 4.78 is 8.26. The molecule has 0 aliphatic carbocycles. The van der Waals surface area contributed by atoms with Crippen molar-refractivity contribution < 1.29 is 14.3 Å². The lowest BCUT2D eigenvalue weighted by molar-refractivity contribution is -0.141. The Morgan fingerprint density at radius 2 is 2.25 bits per heavy atom. The molecule has 0 aromatic carbocycles. The maximum absolute atomic E-state index is 9.98. The van der Waals surface area contributed by atoms with E-state index in [1.54, 1.807) is 0 Å². The van der Waals surface area contributed by atoms with Gasteiger partial charge in [-0.1, -0.05) is 0 Å². The molecule has 0 heterocycles. The lowest BCUT2D eigenvalue weighted by atomic mass is 10.7. The highest BCUT2D eigenvalue weighted by Gasteiger charge is 1.88. The second-order valence-electron chi connectivity index (χ2n) is 1.19. The van der Waals surface area contributed by atoms with Gasteiger partial charge in [0.2, 0.25) is 0 Å². The van der Waals surface area contributed by atoms with Gasteiger partial charge in [-0.2, -0.15) is 0 Å². The van der Waals surface area contributed by atoms with E-state index in [9.17, 15) is 4.79 Å². The van der Waals surface area contributed by atoms with Gasteiger partial charge in [-0.25, -0.2) is 0 Å². The highest BCUT2D eigenvalue weighted by molar-refractivity contribution is 5.65. The minimum atomic E-state index is -0.345. The Bertz CT molecular complexity index is 70.1. The van der Waals surface area contributed by atoms with Crippen molar-refractivity contribution in [1.82, 2.24) is 0 Å². The molecule has 0 rings (SSSR count). The van der Waals surface area contributed by atoms with E-state index >= 15 is 0 Å². The van der Waals surface area contributed by atoms with Crippen LogP contribution in [0.5, 0.6) is 0 Å². The lowest BCUT2D eigenvalue weighted by Gasteiger charge is -1.96. The second kappa shape index (κ2) is 4.59. The summed E-state index contributed by atoms with van der Waals surface area (Å²) in [5.41, 5.74) is 0. The van der Waals surface area contributed by atoms with E-state index in [1.165, 1.54) is 6.92 Å². The summed E-state index contributed by atoms with van der Waals surface area (Å²) in [6, 6.07) is 0. The van der Waals surface area contributed by atoms with Gasteiger partial charge in [-0.15, -0.1) is 0 Å². The molecule has 0 saturated heterocycles. The third-order valence-corrected chi connectivity index (χ3v) is 0.491. The zero-order chi connectivity index (χ0) is 6.41. The molecular weight excluding hydrogens is 108 g/mol. The molecule has 0 fully saturated rings. The molecule has 8 heavy (non-hydrogen) atoms. The van der Waals surface area contributed by atoms with E-state index in [-0.39, 0.29) is 19.2 Å². The summed E-state index contributed by atoms with van der Waals surface area (Å²) in [6.45, 7) is 1.61. The Hall–Kier alpha value is -0.570. The average Bonchev–Trinajstić information content (AvgIpc) is 1.66. The highest BCUT2D eigenvalue weighted by Crippen LogP contribution is 1.75. The van der Waals surface area contributed by atoms with Crippen LogP contribution in [0.15, 0.2) is 0 Å². The first kappa shape index (κ1) is 7.43. The van der Waals surface area contributed by atoms with Gasteiger partial charge in [0, 0.05) is 6.92 Å². The molecule has 45 valence electrons. The SMILES string of the molecule is [C]OCCOC(C)=O. The maximum Gasteiger partial charge on any atom is 0.302 e. The van der Waals surface area contributed by atoms with Crippen molar-refractivity contribution in [2.75, 3.05) is 13.2 Å². The number of carbonyl (C=O) groups excluding carboxylic acids is 1. The Balaban J connectivity index is 2.82. The second-order valence-corrected chi connectivity index (χ2v) is 1.19. The summed E-state index contributed by atoms with van der Waals surface area (Å²) in [5, 5.41) is 0. The van der Waals surface area contributed by atoms with Gasteiger partial charge < -0.3 is 9.47 Å². The molecule has 0 unspecified atom stereocenters. The number of rotatable bonds is 3. The van der Waals surface area contributed by atoms with Crippen LogP contribution in [-0.2, 0) is 14.3 Å². The van der Waals surface area contributed by atoms with Gasteiger partial charge in [0.25, 0.3) is 0 Å². The minimum absolute atomic E-state index is 0.138. The van der Waals surface area contributed by atoms with E-state index in [2.05, 4.69) is 9.47 Å². The van der Waals surface area contributed by atoms with Crippen molar-refractivity contribution in [3.63, 3.8) is 0 Å². The molecule has 0 bridgehead atoms. The molecule has 0 N–H and O–H groups in total. The summed E-state index contributed by atoms with van der Waals surface area (Å²) in [6.07, 6.45) is 0. The lowest BCUT2D eigenvalue weighted by Crippen LogP contribution is -2.04. The van der Waals surface area contributed by atoms with Crippen LogP contribution in [0.1, 0.15) is 6.92 Å². The van der Waals surface area contributed by atoms with Gasteiger partial charge in [0.05, 0.1) is 6.61 Å². The van der Waals surface area contributed by atoms with Gasteiger partial charge in [0.1, 0.15) is 6.61 Å². The molecule has 3 heteroatoms. The molecule has 3 radical (unpaired) electrons. The molecule has 0 aromatic heterocycles. The van der Waals surface area contributed by atoms with Crippen molar-refractivity contribution in [3.8, 4) is 0 Å². The molecular formula is C5H7O3. The molecule has 0 atom stereocenters. The zero-order valence-electron chi connectivity index (χ0n) is 4.64. The van der Waals surface area contributed by atoms with Crippen LogP contribution >= 0.6 is 0 Å². The first-order valence-electron chi connectivity index (χ1n) is 2.19. The Kier molecular flexibility index (Phi) is 4.26. The molecule has 0 aromatic rings. The maximum atomic E-state index is 9.98. The van der Waals surface area contributed by atoms with Crippen LogP contribution in [0, 0.1) is 7.11 Å². The van der Waals surface area contributed by atoms with E-state index in [0.29, 0.717) is 0 Å². The van der Waals surface area contributed by atoms with Crippen LogP contribution in [0.25, 0.3) is 0 Å². The van der Waals surface area contributed by atoms with Crippen molar-refractivity contribution in [1.29, 1.82) is 0 Å². The molecule has 0 aliphatic heterocycles. The largest absolute Gasteiger partial charge is 0.463 e. The molecule has 0 saturated carbocycles. The standard InChI is InChI=1S/C5H7O3/c1-5(6)8-4-3-7-2/h3-4H2,1H3. The Labute approximate surface area is 48.6 Å². The predicted molar refractivity (Wildman–Crippen MR) is 25.8 cm³/mol. The fourth-order valence-corrected chi connectivity index (χ4v) is 0.227. The van der Waals surface area contributed by atoms with Gasteiger partial charge in [-0.3, -0.25) is 4.79 Å². The predicted octanol–water partition coefficient (Wildman–Crippen LogP) is 0.112. The fourth-order valence-electron chi connectivity index (χ4n) is 0.227. The molecule has 0 spiro atoms. The van der Waals surface area contributed by atoms with Gasteiger partial charge in [-0.05, 0) is 0 Å². The van der Waals surface area contributed by atoms with E-state index in [0.717, 1.165) is 0 Å². The molecule has 0 amide bonds. The third kappa shape index (κ3) is 5.43. The van der Waals surface area contributed by atoms with Crippen molar-refractivity contribution in [3.05, 3.63) is 7.11 Å². The number of hydrogen-bond donors (Lipinski definition) is 0. The quantitative estimate of drug-likeness (QED) is 0.387. The summed E-state index contributed by atoms with van der Waals surface area (Å²) in [4.78, 5) is 9.98. The van der Waals surface area contributed by atoms with Crippen LogP contribution < -0.4 is 0 Å². The smallest absolute Gasteiger partial charge is 0.302 e. The molecule has 0 aliphatic rings. The van der Waals surface area contributed by atoms with Crippen LogP contribution in [-0.4, -0.2) is 19.2 Å². The van der Waals surface area contributed by atoms with Crippen molar-refractivity contribution in [2.24, 2.45) is 0 Å². The van der Waals surface area contributed by atoms with Crippen molar-refractivity contribution in [2.45, 2.75) is 6.92 Å². The number of esters is 1. The van der Waals surface area contributed by atoms with E-state index < -0.39 is 0 Å². The summed E-state index contributed by atoms with van der Waals surface area (Å²) in [5.74, 6) is -0.345. The summed E-state index contributed by atoms with van der Waals surface area (Å²) >= 11 is 0.